The van der Waals surface area contributed by atoms with Gasteiger partial charge in [-0.3, -0.25) is 14.4 Å². The predicted octanol–water partition coefficient (Wildman–Crippen LogP) is 3.30. The standard InChI is InChI=1S/C26H36N2O6/c29-23(20-7-5-8-22(19-20)34-18-17-27-15-6-9-24(27)30)13-11-21-12-14-25(31)28(21)16-4-2-1-3-10-26(32)33/h5,7-8,11,13,19,21,23,29H,1-4,6,9-10,12,14-18H2,(H,32,33)/b13-11+/t21?,23-/m1/s1. The van der Waals surface area contributed by atoms with E-state index in [-0.39, 0.29) is 24.3 Å². The fraction of sp³-hybridized carbons (Fsp3) is 0.577. The van der Waals surface area contributed by atoms with Crippen LogP contribution in [0.25, 0.3) is 0 Å². The molecule has 0 radical (unpaired) electrons. The molecule has 2 N–H and O–H groups in total. The molecule has 3 rings (SSSR count). The fourth-order valence-corrected chi connectivity index (χ4v) is 4.51. The summed E-state index contributed by atoms with van der Waals surface area (Å²) in [7, 11) is 0. The van der Waals surface area contributed by atoms with Crippen LogP contribution in [-0.4, -0.2) is 70.1 Å². The lowest BCUT2D eigenvalue weighted by atomic mass is 10.1. The smallest absolute Gasteiger partial charge is 0.303 e. The number of ether oxygens (including phenoxy) is 1. The number of hydrogen-bond donors (Lipinski definition) is 2. The van der Waals surface area contributed by atoms with Gasteiger partial charge in [-0.1, -0.05) is 37.1 Å². The van der Waals surface area contributed by atoms with Gasteiger partial charge < -0.3 is 24.7 Å². The maximum absolute atomic E-state index is 12.3. The largest absolute Gasteiger partial charge is 0.492 e. The van der Waals surface area contributed by atoms with Crippen molar-refractivity contribution in [1.29, 1.82) is 0 Å². The Hall–Kier alpha value is -2.87. The summed E-state index contributed by atoms with van der Waals surface area (Å²) in [5.74, 6) is 0.184. The Kier molecular flexibility index (Phi) is 9.94. The molecule has 0 aliphatic carbocycles. The number of aliphatic hydroxyl groups is 1. The van der Waals surface area contributed by atoms with Gasteiger partial charge in [0.15, 0.2) is 0 Å². The van der Waals surface area contributed by atoms with Crippen molar-refractivity contribution in [2.75, 3.05) is 26.2 Å². The topological polar surface area (TPSA) is 107 Å². The highest BCUT2D eigenvalue weighted by molar-refractivity contribution is 5.79. The molecule has 1 aromatic carbocycles. The molecule has 2 amide bonds. The zero-order valence-electron chi connectivity index (χ0n) is 19.7. The number of hydrogen-bond acceptors (Lipinski definition) is 5. The second-order valence-corrected chi connectivity index (χ2v) is 8.99. The first-order chi connectivity index (χ1) is 16.4. The van der Waals surface area contributed by atoms with E-state index in [1.807, 2.05) is 34.1 Å². The molecule has 2 aliphatic rings. The van der Waals surface area contributed by atoms with Gasteiger partial charge in [-0.2, -0.15) is 0 Å². The highest BCUT2D eigenvalue weighted by atomic mass is 16.5. The number of amides is 2. The lowest BCUT2D eigenvalue weighted by Crippen LogP contribution is -2.32. The van der Waals surface area contributed by atoms with Crippen molar-refractivity contribution >= 4 is 17.8 Å². The molecule has 0 aromatic heterocycles. The van der Waals surface area contributed by atoms with Crippen LogP contribution < -0.4 is 4.74 Å². The maximum Gasteiger partial charge on any atom is 0.303 e. The van der Waals surface area contributed by atoms with Crippen molar-refractivity contribution in [1.82, 2.24) is 9.80 Å². The quantitative estimate of drug-likeness (QED) is 0.318. The summed E-state index contributed by atoms with van der Waals surface area (Å²) < 4.78 is 5.79. The number of aliphatic hydroxyl groups excluding tert-OH is 1. The zero-order valence-corrected chi connectivity index (χ0v) is 19.7. The summed E-state index contributed by atoms with van der Waals surface area (Å²) in [4.78, 5) is 38.2. The third kappa shape index (κ3) is 7.87. The molecule has 8 heteroatoms. The van der Waals surface area contributed by atoms with E-state index in [4.69, 9.17) is 9.84 Å². The number of rotatable bonds is 14. The van der Waals surface area contributed by atoms with Gasteiger partial charge in [0, 0.05) is 32.4 Å². The third-order valence-corrected chi connectivity index (χ3v) is 6.43. The summed E-state index contributed by atoms with van der Waals surface area (Å²) in [6.45, 7) is 2.42. The van der Waals surface area contributed by atoms with Crippen molar-refractivity contribution in [3.05, 3.63) is 42.0 Å². The number of benzene rings is 1. The predicted molar refractivity (Wildman–Crippen MR) is 127 cm³/mol. The lowest BCUT2D eigenvalue weighted by molar-refractivity contribution is -0.137. The Labute approximate surface area is 201 Å². The van der Waals surface area contributed by atoms with Gasteiger partial charge in [-0.05, 0) is 43.4 Å². The number of carbonyl (C=O) groups excluding carboxylic acids is 2. The van der Waals surface area contributed by atoms with Gasteiger partial charge in [-0.25, -0.2) is 0 Å². The number of carboxylic acids is 1. The summed E-state index contributed by atoms with van der Waals surface area (Å²) >= 11 is 0. The van der Waals surface area contributed by atoms with Crippen LogP contribution >= 0.6 is 0 Å². The molecule has 2 aliphatic heterocycles. The minimum Gasteiger partial charge on any atom is -0.492 e. The van der Waals surface area contributed by atoms with Crippen LogP contribution in [0.1, 0.15) is 69.5 Å². The Bertz CT molecular complexity index is 871. The van der Waals surface area contributed by atoms with Crippen LogP contribution in [-0.2, 0) is 14.4 Å². The Morgan fingerprint density at radius 1 is 1.12 bits per heavy atom. The van der Waals surface area contributed by atoms with E-state index in [1.54, 1.807) is 12.1 Å². The van der Waals surface area contributed by atoms with Crippen LogP contribution in [0.4, 0.5) is 0 Å². The molecule has 0 bridgehead atoms. The van der Waals surface area contributed by atoms with Crippen LogP contribution in [0, 0.1) is 0 Å². The van der Waals surface area contributed by atoms with E-state index in [9.17, 15) is 19.5 Å². The monoisotopic (exact) mass is 472 g/mol. The van der Waals surface area contributed by atoms with Gasteiger partial charge in [0.25, 0.3) is 0 Å². The number of nitrogens with zero attached hydrogens (tertiary/aromatic N) is 2. The first-order valence-corrected chi connectivity index (χ1v) is 12.3. The third-order valence-electron chi connectivity index (χ3n) is 6.43. The van der Waals surface area contributed by atoms with Gasteiger partial charge in [0.05, 0.1) is 18.7 Å². The molecule has 2 atom stereocenters. The Morgan fingerprint density at radius 2 is 1.94 bits per heavy atom. The second kappa shape index (κ2) is 13.1. The van der Waals surface area contributed by atoms with Crippen LogP contribution in [0.15, 0.2) is 36.4 Å². The number of unbranched alkanes of at least 4 members (excludes halogenated alkanes) is 3. The van der Waals surface area contributed by atoms with E-state index in [0.29, 0.717) is 50.3 Å². The van der Waals surface area contributed by atoms with E-state index in [2.05, 4.69) is 0 Å². The average Bonchev–Trinajstić information content (AvgIpc) is 3.39. The first-order valence-electron chi connectivity index (χ1n) is 12.3. The fourth-order valence-electron chi connectivity index (χ4n) is 4.51. The van der Waals surface area contributed by atoms with Crippen molar-refractivity contribution in [2.45, 2.75) is 69.9 Å². The molecule has 1 aromatic rings. The molecule has 0 saturated carbocycles. The highest BCUT2D eigenvalue weighted by Gasteiger charge is 2.28. The van der Waals surface area contributed by atoms with E-state index in [0.717, 1.165) is 38.6 Å². The van der Waals surface area contributed by atoms with Gasteiger partial charge in [0.1, 0.15) is 12.4 Å². The molecule has 1 unspecified atom stereocenters. The molecule has 186 valence electrons. The van der Waals surface area contributed by atoms with Crippen molar-refractivity contribution in [3.8, 4) is 5.75 Å². The highest BCUT2D eigenvalue weighted by Crippen LogP contribution is 2.24. The number of carbonyl (C=O) groups is 3. The Balaban J connectivity index is 1.45. The molecule has 34 heavy (non-hydrogen) atoms. The number of carboxylic acid groups (broad SMARTS) is 1. The molecule has 2 fully saturated rings. The van der Waals surface area contributed by atoms with Crippen molar-refractivity contribution in [2.24, 2.45) is 0 Å². The summed E-state index contributed by atoms with van der Waals surface area (Å²) in [6.07, 6.45) is 9.04. The van der Waals surface area contributed by atoms with Gasteiger partial charge >= 0.3 is 5.97 Å². The molecule has 2 saturated heterocycles. The summed E-state index contributed by atoms with van der Waals surface area (Å²) in [5, 5.41) is 19.4. The average molecular weight is 473 g/mol. The second-order valence-electron chi connectivity index (χ2n) is 8.99. The zero-order chi connectivity index (χ0) is 24.3. The molecule has 0 spiro atoms. The molecule has 2 heterocycles. The van der Waals surface area contributed by atoms with Gasteiger partial charge in [0.2, 0.25) is 11.8 Å². The SMILES string of the molecule is O=C(O)CCCCCCN1C(=O)CCC1/C=C/[C@@H](O)c1cccc(OCCN2CCCC2=O)c1. The first kappa shape index (κ1) is 25.7. The maximum atomic E-state index is 12.3. The van der Waals surface area contributed by atoms with Crippen LogP contribution in [0.5, 0.6) is 5.75 Å². The minimum absolute atomic E-state index is 0.0291. The molecular formula is C26H36N2O6. The van der Waals surface area contributed by atoms with E-state index < -0.39 is 12.1 Å². The number of likely N-dealkylation sites (tertiary alicyclic amines) is 2. The van der Waals surface area contributed by atoms with E-state index >= 15 is 0 Å². The lowest BCUT2D eigenvalue weighted by Gasteiger charge is -2.22. The Morgan fingerprint density at radius 3 is 2.71 bits per heavy atom. The number of aliphatic carboxylic acids is 1. The van der Waals surface area contributed by atoms with E-state index in [1.165, 1.54) is 0 Å². The minimum atomic E-state index is -0.808. The van der Waals surface area contributed by atoms with Crippen molar-refractivity contribution < 1.29 is 29.3 Å². The molecular weight excluding hydrogens is 436 g/mol. The summed E-state index contributed by atoms with van der Waals surface area (Å²) in [6, 6.07) is 7.27. The van der Waals surface area contributed by atoms with Crippen molar-refractivity contribution in [3.63, 3.8) is 0 Å². The molecule has 8 nitrogen and oxygen atoms in total. The van der Waals surface area contributed by atoms with Gasteiger partial charge in [-0.15, -0.1) is 0 Å². The summed E-state index contributed by atoms with van der Waals surface area (Å²) in [5.41, 5.74) is 0.709. The van der Waals surface area contributed by atoms with Crippen LogP contribution in [0.2, 0.25) is 0 Å². The normalized spacial score (nSPS) is 19.4. The van der Waals surface area contributed by atoms with Crippen LogP contribution in [0.3, 0.4) is 0 Å².